The first-order valence-corrected chi connectivity index (χ1v) is 11.7. The second-order valence-electron chi connectivity index (χ2n) is 11.5. The predicted octanol–water partition coefficient (Wildman–Crippen LogP) is 2.08. The van der Waals surface area contributed by atoms with E-state index in [-0.39, 0.29) is 36.7 Å². The summed E-state index contributed by atoms with van der Waals surface area (Å²) >= 11 is 0. The molecule has 2 heterocycles. The maximum absolute atomic E-state index is 12.1. The molecule has 0 radical (unpaired) electrons. The van der Waals surface area contributed by atoms with Crippen LogP contribution in [-0.2, 0) is 18.8 Å². The van der Waals surface area contributed by atoms with E-state index in [9.17, 15) is 9.59 Å². The number of hydrogen-bond donors (Lipinski definition) is 4. The molecule has 2 aliphatic heterocycles. The zero-order chi connectivity index (χ0) is 25.2. The van der Waals surface area contributed by atoms with Gasteiger partial charge < -0.3 is 30.0 Å². The van der Waals surface area contributed by atoms with E-state index in [0.717, 1.165) is 19.2 Å². The summed E-state index contributed by atoms with van der Waals surface area (Å²) in [5.74, 6) is -0.345. The lowest BCUT2D eigenvalue weighted by atomic mass is 9.78. The van der Waals surface area contributed by atoms with Gasteiger partial charge in [0.25, 0.3) is 0 Å². The summed E-state index contributed by atoms with van der Waals surface area (Å²) in [6, 6.07) is 0. The molecule has 11 heteroatoms. The summed E-state index contributed by atoms with van der Waals surface area (Å²) in [4.78, 5) is 25.6. The van der Waals surface area contributed by atoms with E-state index in [0.29, 0.717) is 13.1 Å². The molecule has 2 fully saturated rings. The summed E-state index contributed by atoms with van der Waals surface area (Å²) in [5.41, 5.74) is 4.73. The van der Waals surface area contributed by atoms with E-state index < -0.39 is 23.1 Å². The Morgan fingerprint density at radius 1 is 1.18 bits per heavy atom. The van der Waals surface area contributed by atoms with Crippen molar-refractivity contribution in [3.8, 4) is 0 Å². The largest absolute Gasteiger partial charge is 0.457 e. The summed E-state index contributed by atoms with van der Waals surface area (Å²) in [6.07, 6.45) is 1.86. The lowest BCUT2D eigenvalue weighted by Gasteiger charge is -2.32. The first-order valence-electron chi connectivity index (χ1n) is 11.7. The van der Waals surface area contributed by atoms with Gasteiger partial charge in [-0.05, 0) is 74.0 Å². The maximum atomic E-state index is 12.1. The average Bonchev–Trinajstić information content (AvgIpc) is 3.03. The summed E-state index contributed by atoms with van der Waals surface area (Å²) in [6.45, 7) is 16.1. The third-order valence-corrected chi connectivity index (χ3v) is 6.57. The van der Waals surface area contributed by atoms with E-state index in [2.05, 4.69) is 10.6 Å². The van der Waals surface area contributed by atoms with Crippen LogP contribution in [0.25, 0.3) is 0 Å². The molecule has 0 aromatic rings. The molecule has 2 rings (SSSR count). The normalized spacial score (nSPS) is 26.3. The number of rotatable bonds is 6. The number of guanidine groups is 1. The number of carbonyl (C=O) groups is 2. The van der Waals surface area contributed by atoms with Gasteiger partial charge in [-0.2, -0.15) is 0 Å². The predicted molar refractivity (Wildman–Crippen MR) is 128 cm³/mol. The SMILES string of the molecule is CC(C)(C)OC(=O)NCC(=O)NC(=N)N1C[C@H](CCCB2OC(C)(C)C(C)(C)O2)[C@@](C)(N)C1. The minimum Gasteiger partial charge on any atom is -0.444 e. The van der Waals surface area contributed by atoms with Crippen molar-refractivity contribution in [1.82, 2.24) is 15.5 Å². The Labute approximate surface area is 198 Å². The lowest BCUT2D eigenvalue weighted by Crippen LogP contribution is -2.49. The van der Waals surface area contributed by atoms with E-state index in [1.54, 1.807) is 25.7 Å². The Hall–Kier alpha value is -1.85. The second-order valence-corrected chi connectivity index (χ2v) is 11.5. The smallest absolute Gasteiger partial charge is 0.444 e. The van der Waals surface area contributed by atoms with Crippen molar-refractivity contribution in [2.24, 2.45) is 11.7 Å². The highest BCUT2D eigenvalue weighted by Gasteiger charge is 2.50. The van der Waals surface area contributed by atoms with E-state index in [1.807, 2.05) is 34.6 Å². The van der Waals surface area contributed by atoms with Crippen LogP contribution in [0.15, 0.2) is 0 Å². The molecule has 0 aliphatic carbocycles. The van der Waals surface area contributed by atoms with Gasteiger partial charge in [-0.3, -0.25) is 15.5 Å². The molecule has 2 atom stereocenters. The fourth-order valence-corrected chi connectivity index (χ4v) is 4.01. The molecule has 0 spiro atoms. The third-order valence-electron chi connectivity index (χ3n) is 6.57. The Morgan fingerprint density at radius 2 is 1.76 bits per heavy atom. The number of amides is 2. The van der Waals surface area contributed by atoms with Crippen LogP contribution in [0.5, 0.6) is 0 Å². The minimum absolute atomic E-state index is 0.0175. The number of ether oxygens (including phenoxy) is 1. The van der Waals surface area contributed by atoms with Crippen molar-refractivity contribution in [2.75, 3.05) is 19.6 Å². The molecule has 0 bridgehead atoms. The highest BCUT2D eigenvalue weighted by Crippen LogP contribution is 2.38. The number of alkyl carbamates (subject to hydrolysis) is 1. The fourth-order valence-electron chi connectivity index (χ4n) is 4.01. The van der Waals surface area contributed by atoms with Crippen molar-refractivity contribution in [3.05, 3.63) is 0 Å². The zero-order valence-corrected chi connectivity index (χ0v) is 21.5. The van der Waals surface area contributed by atoms with Crippen molar-refractivity contribution >= 4 is 25.1 Å². The van der Waals surface area contributed by atoms with Gasteiger partial charge >= 0.3 is 13.2 Å². The molecule has 10 nitrogen and oxygen atoms in total. The van der Waals surface area contributed by atoms with Gasteiger partial charge in [-0.15, -0.1) is 0 Å². The van der Waals surface area contributed by atoms with Crippen LogP contribution in [0.2, 0.25) is 6.32 Å². The third kappa shape index (κ3) is 7.58. The molecule has 33 heavy (non-hydrogen) atoms. The van der Waals surface area contributed by atoms with Crippen molar-refractivity contribution in [3.63, 3.8) is 0 Å². The number of nitrogens with zero attached hydrogens (tertiary/aromatic N) is 1. The van der Waals surface area contributed by atoms with Gasteiger partial charge in [-0.25, -0.2) is 4.79 Å². The maximum Gasteiger partial charge on any atom is 0.457 e. The topological polar surface area (TPSA) is 139 Å². The quantitative estimate of drug-likeness (QED) is 0.266. The first-order chi connectivity index (χ1) is 14.9. The van der Waals surface area contributed by atoms with Crippen LogP contribution in [0.4, 0.5) is 4.79 Å². The van der Waals surface area contributed by atoms with Crippen molar-refractivity contribution < 1.29 is 23.6 Å². The monoisotopic (exact) mass is 467 g/mol. The molecule has 0 aromatic carbocycles. The van der Waals surface area contributed by atoms with Crippen molar-refractivity contribution in [2.45, 2.75) is 96.9 Å². The van der Waals surface area contributed by atoms with Gasteiger partial charge in [0.05, 0.1) is 11.2 Å². The van der Waals surface area contributed by atoms with Gasteiger partial charge in [0.2, 0.25) is 5.91 Å². The average molecular weight is 467 g/mol. The van der Waals surface area contributed by atoms with Crippen LogP contribution < -0.4 is 16.4 Å². The summed E-state index contributed by atoms with van der Waals surface area (Å²) in [7, 11) is -0.230. The first kappa shape index (κ1) is 27.4. The molecule has 0 unspecified atom stereocenters. The highest BCUT2D eigenvalue weighted by molar-refractivity contribution is 6.45. The van der Waals surface area contributed by atoms with E-state index in [4.69, 9.17) is 25.2 Å². The number of nitrogens with two attached hydrogens (primary N) is 1. The zero-order valence-electron chi connectivity index (χ0n) is 21.5. The van der Waals surface area contributed by atoms with Gasteiger partial charge in [0.1, 0.15) is 12.1 Å². The van der Waals surface area contributed by atoms with Gasteiger partial charge in [0, 0.05) is 18.6 Å². The van der Waals surface area contributed by atoms with Gasteiger partial charge in [0.15, 0.2) is 5.96 Å². The van der Waals surface area contributed by atoms with E-state index >= 15 is 0 Å². The molecule has 2 saturated heterocycles. The number of nitrogens with one attached hydrogen (secondary N) is 3. The number of likely N-dealkylation sites (tertiary alicyclic amines) is 1. The molecule has 2 aliphatic rings. The minimum atomic E-state index is -0.679. The molecule has 5 N–H and O–H groups in total. The Kier molecular flexibility index (Phi) is 8.13. The van der Waals surface area contributed by atoms with Gasteiger partial charge in [-0.1, -0.05) is 6.42 Å². The van der Waals surface area contributed by atoms with Crippen molar-refractivity contribution in [1.29, 1.82) is 5.41 Å². The van der Waals surface area contributed by atoms with Crippen LogP contribution in [0.1, 0.15) is 68.2 Å². The molecule has 188 valence electrons. The summed E-state index contributed by atoms with van der Waals surface area (Å²) in [5, 5.41) is 13.2. The molecule has 2 amide bonds. The van der Waals surface area contributed by atoms with Crippen LogP contribution in [0.3, 0.4) is 0 Å². The fraction of sp³-hybridized carbons (Fsp3) is 0.864. The Bertz CT molecular complexity index is 734. The Morgan fingerprint density at radius 3 is 2.30 bits per heavy atom. The number of carbonyl (C=O) groups excluding carboxylic acids is 2. The summed E-state index contributed by atoms with van der Waals surface area (Å²) < 4.78 is 17.2. The standard InChI is InChI=1S/C22H42BN5O5/c1-19(2,3)31-18(30)26-12-16(29)27-17(24)28-13-15(22(8,25)14-28)10-9-11-23-32-20(4,5)21(6,7)33-23/h15H,9-14,25H2,1-8H3,(H,26,30)(H2,24,27,29)/t15-,22-/m0/s1. The molecular weight excluding hydrogens is 425 g/mol. The molecule has 0 aromatic heterocycles. The van der Waals surface area contributed by atoms with Crippen LogP contribution in [0, 0.1) is 11.3 Å². The molecule has 0 saturated carbocycles. The lowest BCUT2D eigenvalue weighted by molar-refractivity contribution is -0.119. The van der Waals surface area contributed by atoms with E-state index in [1.165, 1.54) is 0 Å². The number of hydrogen-bond acceptors (Lipinski definition) is 7. The van der Waals surface area contributed by atoms with Crippen LogP contribution in [-0.4, -0.2) is 72.0 Å². The highest BCUT2D eigenvalue weighted by atomic mass is 16.7. The second kappa shape index (κ2) is 9.80. The van der Waals surface area contributed by atoms with Crippen LogP contribution >= 0.6 is 0 Å². The Balaban J connectivity index is 1.77. The molecular formula is C22H42BN5O5.